The highest BCUT2D eigenvalue weighted by molar-refractivity contribution is 6.43. The smallest absolute Gasteiger partial charge is 0.255 e. The molecule has 2 fully saturated rings. The normalized spacial score (nSPS) is 21.1. The SMILES string of the molecule is CCC1CCC(C)N(CCCOCc2ccc(N3CCN(C(=O)c4cccc(Cl)c4Cl)CC3)cc2)C1. The van der Waals surface area contributed by atoms with Crippen LogP contribution >= 0.6 is 23.2 Å². The number of benzene rings is 2. The molecule has 1 amide bonds. The van der Waals surface area contributed by atoms with E-state index < -0.39 is 0 Å². The summed E-state index contributed by atoms with van der Waals surface area (Å²) < 4.78 is 5.98. The quantitative estimate of drug-likeness (QED) is 0.352. The Morgan fingerprint density at radius 3 is 2.50 bits per heavy atom. The Labute approximate surface area is 226 Å². The zero-order valence-electron chi connectivity index (χ0n) is 21.6. The highest BCUT2D eigenvalue weighted by Gasteiger charge is 2.25. The first-order valence-corrected chi connectivity index (χ1v) is 14.1. The van der Waals surface area contributed by atoms with Crippen molar-refractivity contribution >= 4 is 34.8 Å². The van der Waals surface area contributed by atoms with E-state index >= 15 is 0 Å². The second-order valence-corrected chi connectivity index (χ2v) is 10.9. The van der Waals surface area contributed by atoms with Crippen LogP contribution in [0.25, 0.3) is 0 Å². The number of anilines is 1. The summed E-state index contributed by atoms with van der Waals surface area (Å²) in [5.74, 6) is 0.806. The number of piperazine rings is 1. The number of carbonyl (C=O) groups is 1. The minimum absolute atomic E-state index is 0.0606. The third-order valence-electron chi connectivity index (χ3n) is 7.74. The van der Waals surface area contributed by atoms with Crippen molar-refractivity contribution in [3.8, 4) is 0 Å². The molecular formula is C29H39Cl2N3O2. The molecule has 2 atom stereocenters. The predicted octanol–water partition coefficient (Wildman–Crippen LogP) is 6.37. The molecule has 5 nitrogen and oxygen atoms in total. The maximum atomic E-state index is 12.9. The van der Waals surface area contributed by atoms with Gasteiger partial charge >= 0.3 is 0 Å². The van der Waals surface area contributed by atoms with Crippen LogP contribution < -0.4 is 4.90 Å². The Morgan fingerprint density at radius 1 is 1.03 bits per heavy atom. The summed E-state index contributed by atoms with van der Waals surface area (Å²) in [7, 11) is 0. The average molecular weight is 533 g/mol. The van der Waals surface area contributed by atoms with Crippen LogP contribution in [0.3, 0.4) is 0 Å². The van der Waals surface area contributed by atoms with Crippen molar-refractivity contribution in [3.63, 3.8) is 0 Å². The molecule has 0 aromatic heterocycles. The zero-order valence-corrected chi connectivity index (χ0v) is 23.1. The van der Waals surface area contributed by atoms with Crippen molar-refractivity contribution in [1.29, 1.82) is 0 Å². The summed E-state index contributed by atoms with van der Waals surface area (Å²) in [6.07, 6.45) is 5.09. The standard InChI is InChI=1S/C29H39Cl2N3O2/c1-3-23-9-8-22(2)34(20-23)14-5-19-36-21-24-10-12-25(13-11-24)32-15-17-33(18-16-32)29(35)26-6-4-7-27(30)28(26)31/h4,6-7,10-13,22-23H,3,5,8-9,14-21H2,1-2H3. The summed E-state index contributed by atoms with van der Waals surface area (Å²) in [6.45, 7) is 11.4. The van der Waals surface area contributed by atoms with E-state index in [1.165, 1.54) is 37.1 Å². The van der Waals surface area contributed by atoms with Crippen molar-refractivity contribution in [3.05, 3.63) is 63.6 Å². The van der Waals surface area contributed by atoms with Crippen molar-refractivity contribution in [1.82, 2.24) is 9.80 Å². The molecule has 2 aliphatic rings. The van der Waals surface area contributed by atoms with Gasteiger partial charge in [-0.05, 0) is 61.9 Å². The van der Waals surface area contributed by atoms with Gasteiger partial charge in [0.2, 0.25) is 0 Å². The Bertz CT molecular complexity index is 993. The topological polar surface area (TPSA) is 36.0 Å². The van der Waals surface area contributed by atoms with E-state index in [2.05, 4.69) is 47.9 Å². The van der Waals surface area contributed by atoms with Gasteiger partial charge in [-0.15, -0.1) is 0 Å². The van der Waals surface area contributed by atoms with Crippen LogP contribution in [0.1, 0.15) is 55.5 Å². The Morgan fingerprint density at radius 2 is 1.78 bits per heavy atom. The lowest BCUT2D eigenvalue weighted by atomic mass is 9.91. The molecule has 2 heterocycles. The fourth-order valence-electron chi connectivity index (χ4n) is 5.28. The van der Waals surface area contributed by atoms with Crippen LogP contribution in [0.2, 0.25) is 10.0 Å². The van der Waals surface area contributed by atoms with E-state index in [1.807, 2.05) is 4.90 Å². The fourth-order valence-corrected chi connectivity index (χ4v) is 5.66. The van der Waals surface area contributed by atoms with E-state index in [4.69, 9.17) is 27.9 Å². The molecule has 0 N–H and O–H groups in total. The van der Waals surface area contributed by atoms with Gasteiger partial charge in [-0.2, -0.15) is 0 Å². The molecule has 2 unspecified atom stereocenters. The van der Waals surface area contributed by atoms with Gasteiger partial charge in [0, 0.05) is 57.6 Å². The van der Waals surface area contributed by atoms with Crippen molar-refractivity contribution in [2.45, 2.75) is 52.2 Å². The van der Waals surface area contributed by atoms with Gasteiger partial charge in [0.05, 0.1) is 22.2 Å². The van der Waals surface area contributed by atoms with Gasteiger partial charge in [0.1, 0.15) is 0 Å². The lowest BCUT2D eigenvalue weighted by molar-refractivity contribution is 0.0747. The van der Waals surface area contributed by atoms with E-state index in [-0.39, 0.29) is 5.91 Å². The Kier molecular flexibility index (Phi) is 9.95. The maximum Gasteiger partial charge on any atom is 0.255 e. The third kappa shape index (κ3) is 6.95. The summed E-state index contributed by atoms with van der Waals surface area (Å²) >= 11 is 12.3. The van der Waals surface area contributed by atoms with Gasteiger partial charge < -0.3 is 19.4 Å². The number of amides is 1. The number of nitrogens with zero attached hydrogens (tertiary/aromatic N) is 3. The van der Waals surface area contributed by atoms with E-state index in [1.54, 1.807) is 18.2 Å². The number of rotatable bonds is 9. The number of likely N-dealkylation sites (tertiary alicyclic amines) is 1. The number of hydrogen-bond acceptors (Lipinski definition) is 4. The monoisotopic (exact) mass is 531 g/mol. The van der Waals surface area contributed by atoms with Gasteiger partial charge in [0.25, 0.3) is 5.91 Å². The number of piperidine rings is 1. The largest absolute Gasteiger partial charge is 0.377 e. The first-order valence-electron chi connectivity index (χ1n) is 13.3. The van der Waals surface area contributed by atoms with Crippen molar-refractivity contribution < 1.29 is 9.53 Å². The maximum absolute atomic E-state index is 12.9. The molecule has 36 heavy (non-hydrogen) atoms. The van der Waals surface area contributed by atoms with Crippen molar-refractivity contribution in [2.24, 2.45) is 5.92 Å². The Balaban J connectivity index is 1.17. The number of carbonyl (C=O) groups excluding carboxylic acids is 1. The first-order chi connectivity index (χ1) is 17.5. The summed E-state index contributed by atoms with van der Waals surface area (Å²) in [5.41, 5.74) is 2.84. The van der Waals surface area contributed by atoms with Gasteiger partial charge in [-0.3, -0.25) is 4.79 Å². The molecule has 0 spiro atoms. The minimum Gasteiger partial charge on any atom is -0.377 e. The summed E-state index contributed by atoms with van der Waals surface area (Å²) in [5, 5.41) is 0.738. The molecule has 7 heteroatoms. The number of ether oxygens (including phenoxy) is 1. The molecule has 0 radical (unpaired) electrons. The van der Waals surface area contributed by atoms with Crippen LogP contribution in [0, 0.1) is 5.92 Å². The first kappa shape index (κ1) is 27.3. The molecule has 0 bridgehead atoms. The predicted molar refractivity (Wildman–Crippen MR) is 149 cm³/mol. The van der Waals surface area contributed by atoms with E-state index in [0.29, 0.717) is 41.3 Å². The second-order valence-electron chi connectivity index (χ2n) is 10.1. The van der Waals surface area contributed by atoms with Crippen molar-refractivity contribution in [2.75, 3.05) is 50.8 Å². The lowest BCUT2D eigenvalue weighted by Gasteiger charge is -2.37. The van der Waals surface area contributed by atoms with Crippen LogP contribution in [0.15, 0.2) is 42.5 Å². The molecule has 2 saturated heterocycles. The third-order valence-corrected chi connectivity index (χ3v) is 8.56. The minimum atomic E-state index is -0.0606. The second kappa shape index (κ2) is 13.1. The van der Waals surface area contributed by atoms with Crippen LogP contribution in [-0.4, -0.2) is 67.6 Å². The molecule has 2 aromatic rings. The van der Waals surface area contributed by atoms with Gasteiger partial charge in [-0.1, -0.05) is 54.7 Å². The summed E-state index contributed by atoms with van der Waals surface area (Å²) in [6, 6.07) is 14.5. The molecule has 2 aromatic carbocycles. The number of halogens is 2. The molecule has 0 aliphatic carbocycles. The zero-order chi connectivity index (χ0) is 25.5. The lowest BCUT2D eigenvalue weighted by Crippen LogP contribution is -2.48. The fraction of sp³-hybridized carbons (Fsp3) is 0.552. The summed E-state index contributed by atoms with van der Waals surface area (Å²) in [4.78, 5) is 19.7. The Hall–Kier alpha value is -1.79. The van der Waals surface area contributed by atoms with Gasteiger partial charge in [-0.25, -0.2) is 0 Å². The average Bonchev–Trinajstić information content (AvgIpc) is 2.91. The van der Waals surface area contributed by atoms with Gasteiger partial charge in [0.15, 0.2) is 0 Å². The highest BCUT2D eigenvalue weighted by atomic mass is 35.5. The molecule has 2 aliphatic heterocycles. The highest BCUT2D eigenvalue weighted by Crippen LogP contribution is 2.27. The van der Waals surface area contributed by atoms with Crippen LogP contribution in [0.5, 0.6) is 0 Å². The van der Waals surface area contributed by atoms with Crippen LogP contribution in [0.4, 0.5) is 5.69 Å². The molecule has 0 saturated carbocycles. The van der Waals surface area contributed by atoms with E-state index in [9.17, 15) is 4.79 Å². The molecule has 196 valence electrons. The molecule has 4 rings (SSSR count). The van der Waals surface area contributed by atoms with Crippen LogP contribution in [-0.2, 0) is 11.3 Å². The van der Waals surface area contributed by atoms with E-state index in [0.717, 1.165) is 38.6 Å². The molecular weight excluding hydrogens is 493 g/mol. The number of hydrogen-bond donors (Lipinski definition) is 0.